The Hall–Kier alpha value is -1.63. The molecular weight excluding hydrogens is 346 g/mol. The maximum atomic E-state index is 12.9. The Bertz CT molecular complexity index is 717. The number of morpholine rings is 1. The van der Waals surface area contributed by atoms with E-state index in [4.69, 9.17) is 16.3 Å². The third-order valence-electron chi connectivity index (χ3n) is 3.91. The van der Waals surface area contributed by atoms with E-state index in [9.17, 15) is 4.79 Å². The fourth-order valence-corrected chi connectivity index (χ4v) is 3.81. The molecule has 1 aliphatic heterocycles. The number of nitrogens with zero attached hydrogens (tertiary/aromatic N) is 2. The monoisotopic (exact) mass is 365 g/mol. The first-order valence-corrected chi connectivity index (χ1v) is 9.15. The highest BCUT2D eigenvalue weighted by Crippen LogP contribution is 2.28. The fourth-order valence-electron chi connectivity index (χ4n) is 2.68. The number of halogens is 1. The van der Waals surface area contributed by atoms with Crippen LogP contribution in [0.3, 0.4) is 0 Å². The average molecular weight is 366 g/mol. The van der Waals surface area contributed by atoms with E-state index in [1.165, 1.54) is 11.3 Å². The average Bonchev–Trinajstić information content (AvgIpc) is 2.96. The molecule has 128 valence electrons. The van der Waals surface area contributed by atoms with Gasteiger partial charge in [0.25, 0.3) is 5.91 Å². The molecule has 1 fully saturated rings. The number of rotatable bonds is 4. The summed E-state index contributed by atoms with van der Waals surface area (Å²) in [6, 6.07) is 7.58. The first-order chi connectivity index (χ1) is 11.6. The van der Waals surface area contributed by atoms with Gasteiger partial charge in [0.15, 0.2) is 5.13 Å². The van der Waals surface area contributed by atoms with Crippen LogP contribution in [-0.2, 0) is 4.74 Å². The largest absolute Gasteiger partial charge is 0.370 e. The molecule has 1 amide bonds. The molecule has 1 aromatic heterocycles. The third kappa shape index (κ3) is 3.71. The number of aryl methyl sites for hydroxylation is 1. The number of hydrogen-bond donors (Lipinski definition) is 1. The van der Waals surface area contributed by atoms with Crippen LogP contribution in [0, 0.1) is 6.92 Å². The standard InChI is InChI=1S/C17H20ClN3O2S/c1-3-19-17-20-11(2)15(24-17)16(22)21-8-9-23-14(10-21)12-4-6-13(18)7-5-12/h4-7,14H,3,8-10H2,1-2H3,(H,19,20). The number of hydrogen-bond acceptors (Lipinski definition) is 5. The Morgan fingerprint density at radius 3 is 2.92 bits per heavy atom. The molecule has 0 radical (unpaired) electrons. The van der Waals surface area contributed by atoms with E-state index in [0.29, 0.717) is 29.6 Å². The molecule has 0 saturated carbocycles. The van der Waals surface area contributed by atoms with Crippen molar-refractivity contribution >= 4 is 34.0 Å². The van der Waals surface area contributed by atoms with Gasteiger partial charge in [-0.3, -0.25) is 4.79 Å². The lowest BCUT2D eigenvalue weighted by Gasteiger charge is -2.33. The summed E-state index contributed by atoms with van der Waals surface area (Å²) in [5.41, 5.74) is 1.81. The lowest BCUT2D eigenvalue weighted by Crippen LogP contribution is -2.42. The Labute approximate surface area is 150 Å². The van der Waals surface area contributed by atoms with E-state index in [-0.39, 0.29) is 12.0 Å². The molecule has 24 heavy (non-hydrogen) atoms. The molecule has 1 saturated heterocycles. The summed E-state index contributed by atoms with van der Waals surface area (Å²) in [6.07, 6.45) is -0.124. The smallest absolute Gasteiger partial charge is 0.266 e. The number of carbonyl (C=O) groups is 1. The van der Waals surface area contributed by atoms with Gasteiger partial charge < -0.3 is 15.0 Å². The van der Waals surface area contributed by atoms with Crippen molar-refractivity contribution in [3.05, 3.63) is 45.4 Å². The second-order valence-corrected chi connectivity index (χ2v) is 7.06. The number of aromatic nitrogens is 1. The van der Waals surface area contributed by atoms with Crippen LogP contribution < -0.4 is 5.32 Å². The lowest BCUT2D eigenvalue weighted by atomic mass is 10.1. The van der Waals surface area contributed by atoms with Crippen molar-refractivity contribution in [2.24, 2.45) is 0 Å². The highest BCUT2D eigenvalue weighted by atomic mass is 35.5. The van der Waals surface area contributed by atoms with Crippen molar-refractivity contribution < 1.29 is 9.53 Å². The number of ether oxygens (including phenoxy) is 1. The van der Waals surface area contributed by atoms with Gasteiger partial charge in [0.2, 0.25) is 0 Å². The molecule has 7 heteroatoms. The normalized spacial score (nSPS) is 17.8. The van der Waals surface area contributed by atoms with E-state index < -0.39 is 0 Å². The van der Waals surface area contributed by atoms with Gasteiger partial charge in [-0.25, -0.2) is 4.98 Å². The summed E-state index contributed by atoms with van der Waals surface area (Å²) in [5, 5.41) is 4.65. The van der Waals surface area contributed by atoms with Crippen molar-refractivity contribution in [2.45, 2.75) is 20.0 Å². The van der Waals surface area contributed by atoms with Crippen LogP contribution in [0.4, 0.5) is 5.13 Å². The van der Waals surface area contributed by atoms with Crippen LogP contribution in [0.5, 0.6) is 0 Å². The summed E-state index contributed by atoms with van der Waals surface area (Å²) in [5.74, 6) is 0.0245. The zero-order valence-corrected chi connectivity index (χ0v) is 15.3. The summed E-state index contributed by atoms with van der Waals surface area (Å²) >= 11 is 7.35. The lowest BCUT2D eigenvalue weighted by molar-refractivity contribution is -0.0226. The number of nitrogens with one attached hydrogen (secondary N) is 1. The van der Waals surface area contributed by atoms with Gasteiger partial charge in [-0.05, 0) is 31.5 Å². The van der Waals surface area contributed by atoms with E-state index in [0.717, 1.165) is 22.9 Å². The van der Waals surface area contributed by atoms with Gasteiger partial charge in [-0.15, -0.1) is 0 Å². The number of anilines is 1. The molecule has 1 aliphatic rings. The fraction of sp³-hybridized carbons (Fsp3) is 0.412. The first-order valence-electron chi connectivity index (χ1n) is 7.96. The van der Waals surface area contributed by atoms with E-state index in [2.05, 4.69) is 10.3 Å². The number of carbonyl (C=O) groups excluding carboxylic acids is 1. The van der Waals surface area contributed by atoms with Crippen LogP contribution in [0.1, 0.15) is 34.0 Å². The van der Waals surface area contributed by atoms with Gasteiger partial charge in [-0.2, -0.15) is 0 Å². The van der Waals surface area contributed by atoms with Crippen molar-refractivity contribution in [1.82, 2.24) is 9.88 Å². The topological polar surface area (TPSA) is 54.5 Å². The second-order valence-electron chi connectivity index (χ2n) is 5.63. The van der Waals surface area contributed by atoms with Gasteiger partial charge in [0, 0.05) is 18.1 Å². The van der Waals surface area contributed by atoms with Crippen molar-refractivity contribution in [3.8, 4) is 0 Å². The molecule has 0 spiro atoms. The Kier molecular flexibility index (Phi) is 5.38. The summed E-state index contributed by atoms with van der Waals surface area (Å²) in [6.45, 7) is 6.33. The van der Waals surface area contributed by atoms with Crippen LogP contribution >= 0.6 is 22.9 Å². The molecule has 1 N–H and O–H groups in total. The van der Waals surface area contributed by atoms with Crippen LogP contribution in [0.2, 0.25) is 5.02 Å². The highest BCUT2D eigenvalue weighted by Gasteiger charge is 2.28. The molecule has 2 aromatic rings. The zero-order chi connectivity index (χ0) is 17.1. The Morgan fingerprint density at radius 1 is 1.46 bits per heavy atom. The minimum Gasteiger partial charge on any atom is -0.370 e. The van der Waals surface area contributed by atoms with Gasteiger partial charge in [0.05, 0.1) is 18.8 Å². The highest BCUT2D eigenvalue weighted by molar-refractivity contribution is 7.17. The molecule has 0 bridgehead atoms. The summed E-state index contributed by atoms with van der Waals surface area (Å²) in [4.78, 5) is 19.8. The zero-order valence-electron chi connectivity index (χ0n) is 13.7. The molecule has 1 unspecified atom stereocenters. The molecule has 1 atom stereocenters. The molecule has 2 heterocycles. The molecule has 3 rings (SSSR count). The van der Waals surface area contributed by atoms with Gasteiger partial charge in [-0.1, -0.05) is 35.1 Å². The maximum Gasteiger partial charge on any atom is 0.266 e. The second kappa shape index (κ2) is 7.51. The van der Waals surface area contributed by atoms with Gasteiger partial charge in [0.1, 0.15) is 11.0 Å². The predicted octanol–water partition coefficient (Wildman–Crippen LogP) is 3.75. The predicted molar refractivity (Wildman–Crippen MR) is 97.1 cm³/mol. The quantitative estimate of drug-likeness (QED) is 0.896. The van der Waals surface area contributed by atoms with Crippen LogP contribution in [-0.4, -0.2) is 42.0 Å². The Balaban J connectivity index is 1.74. The summed E-state index contributed by atoms with van der Waals surface area (Å²) < 4.78 is 5.83. The molecule has 1 aromatic carbocycles. The summed E-state index contributed by atoms with van der Waals surface area (Å²) in [7, 11) is 0. The minimum absolute atomic E-state index is 0.0245. The molecular formula is C17H20ClN3O2S. The van der Waals surface area contributed by atoms with E-state index >= 15 is 0 Å². The first kappa shape index (κ1) is 17.2. The van der Waals surface area contributed by atoms with Crippen LogP contribution in [0.25, 0.3) is 0 Å². The molecule has 0 aliphatic carbocycles. The molecule has 5 nitrogen and oxygen atoms in total. The minimum atomic E-state index is -0.124. The Morgan fingerprint density at radius 2 is 2.21 bits per heavy atom. The van der Waals surface area contributed by atoms with Crippen molar-refractivity contribution in [2.75, 3.05) is 31.6 Å². The van der Waals surface area contributed by atoms with Crippen LogP contribution in [0.15, 0.2) is 24.3 Å². The van der Waals surface area contributed by atoms with E-state index in [1.54, 1.807) is 0 Å². The number of thiazole rings is 1. The third-order valence-corrected chi connectivity index (χ3v) is 5.27. The maximum absolute atomic E-state index is 12.9. The van der Waals surface area contributed by atoms with E-state index in [1.807, 2.05) is 43.0 Å². The number of benzene rings is 1. The van der Waals surface area contributed by atoms with Gasteiger partial charge >= 0.3 is 0 Å². The SMILES string of the molecule is CCNc1nc(C)c(C(=O)N2CCOC(c3ccc(Cl)cc3)C2)s1. The van der Waals surface area contributed by atoms with Crippen molar-refractivity contribution in [1.29, 1.82) is 0 Å². The van der Waals surface area contributed by atoms with Crippen molar-refractivity contribution in [3.63, 3.8) is 0 Å². The number of amides is 1.